The topological polar surface area (TPSA) is 86.8 Å². The van der Waals surface area contributed by atoms with Crippen molar-refractivity contribution in [1.82, 2.24) is 9.62 Å². The van der Waals surface area contributed by atoms with E-state index in [9.17, 15) is 18.0 Å². The Labute approximate surface area is 186 Å². The average molecular weight is 450 g/mol. The second kappa shape index (κ2) is 9.28. The summed E-state index contributed by atoms with van der Waals surface area (Å²) in [5, 5.41) is 0. The van der Waals surface area contributed by atoms with Crippen molar-refractivity contribution < 1.29 is 18.0 Å². The number of benzene rings is 1. The lowest BCUT2D eigenvalue weighted by Gasteiger charge is -2.37. The summed E-state index contributed by atoms with van der Waals surface area (Å²) in [6.07, 6.45) is 2.15. The fourth-order valence-electron chi connectivity index (χ4n) is 4.86. The number of likely N-dealkylation sites (tertiary alicyclic amines) is 1. The van der Waals surface area contributed by atoms with Crippen LogP contribution in [0.25, 0.3) is 0 Å². The Morgan fingerprint density at radius 3 is 2.39 bits per heavy atom. The van der Waals surface area contributed by atoms with Crippen LogP contribution in [-0.2, 0) is 26.0 Å². The van der Waals surface area contributed by atoms with Crippen molar-refractivity contribution >= 4 is 27.5 Å². The lowest BCUT2D eigenvalue weighted by molar-refractivity contribution is -0.136. The van der Waals surface area contributed by atoms with Gasteiger partial charge in [0.05, 0.1) is 4.90 Å². The molecule has 0 aliphatic carbocycles. The van der Waals surface area contributed by atoms with Gasteiger partial charge >= 0.3 is 0 Å². The summed E-state index contributed by atoms with van der Waals surface area (Å²) in [5.41, 5.74) is 1.60. The van der Waals surface area contributed by atoms with Crippen LogP contribution >= 0.6 is 0 Å². The molecule has 0 bridgehead atoms. The minimum absolute atomic E-state index is 0.0555. The van der Waals surface area contributed by atoms with Gasteiger partial charge in [0.1, 0.15) is 6.04 Å². The average Bonchev–Trinajstić information content (AvgIpc) is 3.09. The molecule has 1 aromatic rings. The molecule has 0 radical (unpaired) electrons. The Morgan fingerprint density at radius 2 is 1.81 bits per heavy atom. The quantitative estimate of drug-likeness (QED) is 0.724. The van der Waals surface area contributed by atoms with E-state index in [0.717, 1.165) is 17.7 Å². The van der Waals surface area contributed by atoms with Crippen molar-refractivity contribution in [3.63, 3.8) is 0 Å². The van der Waals surface area contributed by atoms with E-state index in [4.69, 9.17) is 0 Å². The Morgan fingerprint density at radius 1 is 1.16 bits per heavy atom. The molecule has 3 atom stereocenters. The lowest BCUT2D eigenvalue weighted by Crippen LogP contribution is -2.52. The fraction of sp³-hybridized carbons (Fsp3) is 0.652. The van der Waals surface area contributed by atoms with Gasteiger partial charge in [-0.2, -0.15) is 4.72 Å². The maximum atomic E-state index is 13.3. The number of nitrogens with one attached hydrogen (secondary N) is 1. The van der Waals surface area contributed by atoms with Gasteiger partial charge in [0, 0.05) is 32.2 Å². The van der Waals surface area contributed by atoms with Crippen molar-refractivity contribution in [2.24, 2.45) is 17.8 Å². The molecule has 1 aromatic carbocycles. The van der Waals surface area contributed by atoms with Gasteiger partial charge in [-0.15, -0.1) is 0 Å². The van der Waals surface area contributed by atoms with Crippen molar-refractivity contribution in [2.75, 3.05) is 24.5 Å². The van der Waals surface area contributed by atoms with Gasteiger partial charge in [-0.05, 0) is 60.8 Å². The van der Waals surface area contributed by atoms with Gasteiger partial charge in [-0.1, -0.05) is 27.7 Å². The van der Waals surface area contributed by atoms with E-state index in [1.165, 1.54) is 13.0 Å². The van der Waals surface area contributed by atoms with Crippen molar-refractivity contribution in [3.8, 4) is 0 Å². The first kappa shape index (κ1) is 23.7. The van der Waals surface area contributed by atoms with Crippen LogP contribution in [0, 0.1) is 17.8 Å². The molecule has 8 heteroatoms. The standard InChI is InChI=1S/C23H35N3O4S/c1-15(2)10-21(23(28)25-13-16(3)11-17(4)14-25)24-31(29,30)20-6-7-22-19(12-20)8-9-26(22)18(5)27/h6-7,12,15-17,21,24H,8-11,13-14H2,1-5H3. The van der Waals surface area contributed by atoms with Crippen LogP contribution in [0.1, 0.15) is 53.0 Å². The summed E-state index contributed by atoms with van der Waals surface area (Å²) < 4.78 is 29.1. The van der Waals surface area contributed by atoms with E-state index < -0.39 is 16.1 Å². The highest BCUT2D eigenvalue weighted by molar-refractivity contribution is 7.89. The predicted molar refractivity (Wildman–Crippen MR) is 121 cm³/mol. The number of fused-ring (bicyclic) bond motifs is 1. The number of nitrogens with zero attached hydrogens (tertiary/aromatic N) is 2. The smallest absolute Gasteiger partial charge is 0.241 e. The number of carbonyl (C=O) groups excluding carboxylic acids is 2. The predicted octanol–water partition coefficient (Wildman–Crippen LogP) is 2.79. The van der Waals surface area contributed by atoms with Gasteiger partial charge in [-0.3, -0.25) is 9.59 Å². The van der Waals surface area contributed by atoms with E-state index in [1.54, 1.807) is 17.0 Å². The summed E-state index contributed by atoms with van der Waals surface area (Å²) in [5.74, 6) is 0.787. The van der Waals surface area contributed by atoms with Crippen LogP contribution in [0.3, 0.4) is 0 Å². The number of piperidine rings is 1. The van der Waals surface area contributed by atoms with Crippen molar-refractivity contribution in [3.05, 3.63) is 23.8 Å². The zero-order valence-electron chi connectivity index (χ0n) is 19.2. The molecule has 3 rings (SSSR count). The molecule has 1 saturated heterocycles. The Balaban J connectivity index is 1.82. The molecule has 1 N–H and O–H groups in total. The maximum Gasteiger partial charge on any atom is 0.241 e. The minimum atomic E-state index is -3.88. The molecular formula is C23H35N3O4S. The molecule has 2 aliphatic rings. The highest BCUT2D eigenvalue weighted by Crippen LogP contribution is 2.30. The van der Waals surface area contributed by atoms with Crippen LogP contribution in [0.2, 0.25) is 0 Å². The molecule has 0 aromatic heterocycles. The molecule has 172 valence electrons. The van der Waals surface area contributed by atoms with E-state index >= 15 is 0 Å². The van der Waals surface area contributed by atoms with Gasteiger partial charge in [0.15, 0.2) is 0 Å². The van der Waals surface area contributed by atoms with Crippen LogP contribution in [0.5, 0.6) is 0 Å². The van der Waals surface area contributed by atoms with E-state index in [0.29, 0.717) is 44.3 Å². The van der Waals surface area contributed by atoms with Crippen LogP contribution in [0.15, 0.2) is 23.1 Å². The number of sulfonamides is 1. The van der Waals surface area contributed by atoms with E-state index in [2.05, 4.69) is 18.6 Å². The third-order valence-electron chi connectivity index (χ3n) is 6.12. The second-order valence-electron chi connectivity index (χ2n) is 9.70. The van der Waals surface area contributed by atoms with Crippen LogP contribution in [-0.4, -0.2) is 50.8 Å². The summed E-state index contributed by atoms with van der Waals surface area (Å²) in [6.45, 7) is 11.6. The molecular weight excluding hydrogens is 414 g/mol. The molecule has 7 nitrogen and oxygen atoms in total. The van der Waals surface area contributed by atoms with E-state index in [-0.39, 0.29) is 22.6 Å². The molecule has 2 aliphatic heterocycles. The Kier molecular flexibility index (Phi) is 7.11. The zero-order valence-corrected chi connectivity index (χ0v) is 20.0. The summed E-state index contributed by atoms with van der Waals surface area (Å²) in [6, 6.07) is 4.04. The lowest BCUT2D eigenvalue weighted by atomic mass is 9.91. The fourth-order valence-corrected chi connectivity index (χ4v) is 6.11. The van der Waals surface area contributed by atoms with Gasteiger partial charge < -0.3 is 9.80 Å². The first-order valence-corrected chi connectivity index (χ1v) is 12.7. The first-order chi connectivity index (χ1) is 14.5. The summed E-state index contributed by atoms with van der Waals surface area (Å²) in [4.78, 5) is 28.7. The second-order valence-corrected chi connectivity index (χ2v) is 11.4. The van der Waals surface area contributed by atoms with E-state index in [1.807, 2.05) is 18.7 Å². The zero-order chi connectivity index (χ0) is 22.9. The number of carbonyl (C=O) groups is 2. The van der Waals surface area contributed by atoms with Gasteiger partial charge in [0.25, 0.3) is 0 Å². The molecule has 0 saturated carbocycles. The highest BCUT2D eigenvalue weighted by atomic mass is 32.2. The summed E-state index contributed by atoms with van der Waals surface area (Å²) >= 11 is 0. The van der Waals surface area contributed by atoms with Gasteiger partial charge in [-0.25, -0.2) is 8.42 Å². The maximum absolute atomic E-state index is 13.3. The van der Waals surface area contributed by atoms with Crippen molar-refractivity contribution in [2.45, 2.75) is 64.8 Å². The molecule has 2 heterocycles. The molecule has 0 spiro atoms. The van der Waals surface area contributed by atoms with Crippen LogP contribution in [0.4, 0.5) is 5.69 Å². The molecule has 3 unspecified atom stereocenters. The Hall–Kier alpha value is -1.93. The summed E-state index contributed by atoms with van der Waals surface area (Å²) in [7, 11) is -3.88. The highest BCUT2D eigenvalue weighted by Gasteiger charge is 2.34. The molecule has 2 amide bonds. The minimum Gasteiger partial charge on any atom is -0.341 e. The number of hydrogen-bond acceptors (Lipinski definition) is 4. The van der Waals surface area contributed by atoms with Crippen molar-refractivity contribution in [1.29, 1.82) is 0 Å². The number of anilines is 1. The SMILES string of the molecule is CC(=O)N1CCc2cc(S(=O)(=O)NC(CC(C)C)C(=O)N3CC(C)CC(C)C3)ccc21. The largest absolute Gasteiger partial charge is 0.341 e. The molecule has 31 heavy (non-hydrogen) atoms. The van der Waals surface area contributed by atoms with Crippen LogP contribution < -0.4 is 9.62 Å². The third-order valence-corrected chi connectivity index (χ3v) is 7.59. The normalized spacial score (nSPS) is 22.5. The number of hydrogen-bond donors (Lipinski definition) is 1. The first-order valence-electron chi connectivity index (χ1n) is 11.2. The monoisotopic (exact) mass is 449 g/mol. The van der Waals surface area contributed by atoms with Gasteiger partial charge in [0.2, 0.25) is 21.8 Å². The third kappa shape index (κ3) is 5.47. The number of amides is 2. The molecule has 1 fully saturated rings. The number of rotatable bonds is 6. The Bertz CT molecular complexity index is 934.